The Morgan fingerprint density at radius 1 is 1.33 bits per heavy atom. The molecule has 0 saturated heterocycles. The number of carbonyl (C=O) groups excluding carboxylic acids is 2. The number of hydrogen-bond acceptors (Lipinski definition) is 4. The Bertz CT molecular complexity index is 326. The molecule has 0 amide bonds. The maximum absolute atomic E-state index is 10.9. The van der Waals surface area contributed by atoms with Crippen LogP contribution in [-0.2, 0) is 19.1 Å². The molecule has 0 fully saturated rings. The first-order valence-corrected chi connectivity index (χ1v) is 3.46. The fourth-order valence-electron chi connectivity index (χ4n) is 1.16. The van der Waals surface area contributed by atoms with Crippen molar-refractivity contribution in [2.45, 2.75) is 12.7 Å². The number of rotatable bonds is 0. The van der Waals surface area contributed by atoms with Crippen LogP contribution in [0.1, 0.15) is 6.92 Å². The van der Waals surface area contributed by atoms with E-state index in [9.17, 15) is 9.59 Å². The smallest absolute Gasteiger partial charge is 0.337 e. The van der Waals surface area contributed by atoms with Gasteiger partial charge in [-0.2, -0.15) is 0 Å². The summed E-state index contributed by atoms with van der Waals surface area (Å²) in [7, 11) is 0. The molecule has 0 radical (unpaired) electrons. The molecule has 0 aliphatic carbocycles. The molecule has 2 rings (SSSR count). The Kier molecular flexibility index (Phi) is 1.16. The van der Waals surface area contributed by atoms with E-state index in [-0.39, 0.29) is 0 Å². The van der Waals surface area contributed by atoms with Gasteiger partial charge in [-0.3, -0.25) is 0 Å². The monoisotopic (exact) mass is 166 g/mol. The normalized spacial score (nSPS) is 32.2. The highest BCUT2D eigenvalue weighted by Crippen LogP contribution is 2.30. The predicted octanol–water partition coefficient (Wildman–Crippen LogP) is 0.299. The third kappa shape index (κ3) is 0.845. The van der Waals surface area contributed by atoms with Crippen molar-refractivity contribution in [2.75, 3.05) is 0 Å². The molecule has 4 heteroatoms. The van der Waals surface area contributed by atoms with Gasteiger partial charge in [0.25, 0.3) is 5.79 Å². The number of ether oxygens (including phenoxy) is 2. The number of hydrogen-bond donors (Lipinski definition) is 0. The van der Waals surface area contributed by atoms with Crippen molar-refractivity contribution in [3.63, 3.8) is 0 Å². The van der Waals surface area contributed by atoms with Crippen molar-refractivity contribution in [1.82, 2.24) is 0 Å². The standard InChI is InChI=1S/C8H6O4/c1-5-4-8(12-7(5)10)3-2-6(9)11-8/h2-4H,1H3. The van der Waals surface area contributed by atoms with Gasteiger partial charge >= 0.3 is 11.9 Å². The van der Waals surface area contributed by atoms with E-state index >= 15 is 0 Å². The zero-order chi connectivity index (χ0) is 8.77. The lowest BCUT2D eigenvalue weighted by Gasteiger charge is -2.16. The van der Waals surface area contributed by atoms with Crippen LogP contribution in [0.3, 0.4) is 0 Å². The van der Waals surface area contributed by atoms with Crippen LogP contribution >= 0.6 is 0 Å². The lowest BCUT2D eigenvalue weighted by Crippen LogP contribution is -2.26. The highest BCUT2D eigenvalue weighted by molar-refractivity contribution is 5.93. The fourth-order valence-corrected chi connectivity index (χ4v) is 1.16. The van der Waals surface area contributed by atoms with Crippen molar-refractivity contribution >= 4 is 11.9 Å². The first kappa shape index (κ1) is 7.09. The number of carbonyl (C=O) groups is 2. The predicted molar refractivity (Wildman–Crippen MR) is 37.8 cm³/mol. The highest BCUT2D eigenvalue weighted by Gasteiger charge is 2.43. The minimum Gasteiger partial charge on any atom is -0.411 e. The van der Waals surface area contributed by atoms with Gasteiger partial charge in [0.05, 0.1) is 0 Å². The first-order valence-electron chi connectivity index (χ1n) is 3.46. The second-order valence-electron chi connectivity index (χ2n) is 2.69. The minimum absolute atomic E-state index is 0.450. The maximum Gasteiger partial charge on any atom is 0.337 e. The Hall–Kier alpha value is -1.58. The molecule has 2 aliphatic heterocycles. The second kappa shape index (κ2) is 1.97. The van der Waals surface area contributed by atoms with E-state index in [4.69, 9.17) is 9.47 Å². The van der Waals surface area contributed by atoms with Crippen molar-refractivity contribution in [2.24, 2.45) is 0 Å². The van der Waals surface area contributed by atoms with Gasteiger partial charge < -0.3 is 9.47 Å². The molecule has 0 aromatic rings. The van der Waals surface area contributed by atoms with E-state index in [1.54, 1.807) is 6.92 Å². The van der Waals surface area contributed by atoms with Crippen LogP contribution in [-0.4, -0.2) is 17.7 Å². The summed E-state index contributed by atoms with van der Waals surface area (Å²) in [5, 5.41) is 0. The molecule has 0 saturated carbocycles. The zero-order valence-corrected chi connectivity index (χ0v) is 6.37. The van der Waals surface area contributed by atoms with Gasteiger partial charge in [-0.25, -0.2) is 9.59 Å². The molecule has 1 spiro atoms. The average Bonchev–Trinajstić information content (AvgIpc) is 2.42. The van der Waals surface area contributed by atoms with Gasteiger partial charge in [-0.1, -0.05) is 0 Å². The summed E-state index contributed by atoms with van der Waals surface area (Å²) in [6.07, 6.45) is 4.14. The Morgan fingerprint density at radius 2 is 2.08 bits per heavy atom. The summed E-state index contributed by atoms with van der Waals surface area (Å²) in [5.41, 5.74) is 0.453. The summed E-state index contributed by atoms with van der Waals surface area (Å²) in [6, 6.07) is 0. The SMILES string of the molecule is CC1=CC2(C=CC(=O)O2)OC1=O. The van der Waals surface area contributed by atoms with Crippen LogP contribution in [0.4, 0.5) is 0 Å². The van der Waals surface area contributed by atoms with Crippen molar-refractivity contribution < 1.29 is 19.1 Å². The molecule has 1 unspecified atom stereocenters. The minimum atomic E-state index is -1.24. The van der Waals surface area contributed by atoms with Crippen molar-refractivity contribution in [3.05, 3.63) is 23.8 Å². The highest BCUT2D eigenvalue weighted by atomic mass is 16.7. The van der Waals surface area contributed by atoms with Crippen LogP contribution in [0.15, 0.2) is 23.8 Å². The topological polar surface area (TPSA) is 52.6 Å². The van der Waals surface area contributed by atoms with E-state index in [2.05, 4.69) is 0 Å². The van der Waals surface area contributed by atoms with E-state index in [1.165, 1.54) is 18.2 Å². The largest absolute Gasteiger partial charge is 0.411 e. The van der Waals surface area contributed by atoms with Crippen LogP contribution in [0, 0.1) is 0 Å². The first-order chi connectivity index (χ1) is 5.61. The molecule has 2 heterocycles. The van der Waals surface area contributed by atoms with Gasteiger partial charge in [-0.15, -0.1) is 0 Å². The molecule has 0 bridgehead atoms. The quantitative estimate of drug-likeness (QED) is 0.485. The molecule has 2 aliphatic rings. The summed E-state index contributed by atoms with van der Waals surface area (Å²) in [4.78, 5) is 21.6. The molecular formula is C8H6O4. The maximum atomic E-state index is 10.9. The second-order valence-corrected chi connectivity index (χ2v) is 2.69. The molecule has 0 aromatic heterocycles. The van der Waals surface area contributed by atoms with Gasteiger partial charge in [0.2, 0.25) is 0 Å². The van der Waals surface area contributed by atoms with Gasteiger partial charge in [0, 0.05) is 23.8 Å². The molecule has 0 N–H and O–H groups in total. The van der Waals surface area contributed by atoms with Crippen LogP contribution in [0.2, 0.25) is 0 Å². The Labute approximate surface area is 68.5 Å². The summed E-state index contributed by atoms with van der Waals surface area (Å²) >= 11 is 0. The number of esters is 2. The third-order valence-corrected chi connectivity index (χ3v) is 1.70. The fraction of sp³-hybridized carbons (Fsp3) is 0.250. The lowest BCUT2D eigenvalue weighted by atomic mass is 10.2. The molecular weight excluding hydrogens is 160 g/mol. The van der Waals surface area contributed by atoms with Gasteiger partial charge in [-0.05, 0) is 6.92 Å². The molecule has 1 atom stereocenters. The van der Waals surface area contributed by atoms with Crippen molar-refractivity contribution in [3.8, 4) is 0 Å². The molecule has 4 nitrogen and oxygen atoms in total. The summed E-state index contributed by atoms with van der Waals surface area (Å²) < 4.78 is 9.61. The molecule has 62 valence electrons. The molecule has 12 heavy (non-hydrogen) atoms. The Balaban J connectivity index is 2.34. The lowest BCUT2D eigenvalue weighted by molar-refractivity contribution is -0.182. The van der Waals surface area contributed by atoms with E-state index < -0.39 is 17.7 Å². The average molecular weight is 166 g/mol. The summed E-state index contributed by atoms with van der Waals surface area (Å²) in [5.74, 6) is -2.18. The van der Waals surface area contributed by atoms with E-state index in [1.807, 2.05) is 0 Å². The van der Waals surface area contributed by atoms with Crippen molar-refractivity contribution in [1.29, 1.82) is 0 Å². The van der Waals surface area contributed by atoms with E-state index in [0.29, 0.717) is 5.57 Å². The molecule has 0 aromatic carbocycles. The Morgan fingerprint density at radius 3 is 2.50 bits per heavy atom. The van der Waals surface area contributed by atoms with Gasteiger partial charge in [0.15, 0.2) is 0 Å². The van der Waals surface area contributed by atoms with E-state index in [0.717, 1.165) is 0 Å². The summed E-state index contributed by atoms with van der Waals surface area (Å²) in [6.45, 7) is 1.61. The van der Waals surface area contributed by atoms with Gasteiger partial charge in [0.1, 0.15) is 0 Å². The zero-order valence-electron chi connectivity index (χ0n) is 6.37. The van der Waals surface area contributed by atoms with Crippen LogP contribution in [0.25, 0.3) is 0 Å². The van der Waals surface area contributed by atoms with Crippen LogP contribution < -0.4 is 0 Å². The van der Waals surface area contributed by atoms with Crippen LogP contribution in [0.5, 0.6) is 0 Å². The third-order valence-electron chi connectivity index (χ3n) is 1.70.